The number of carbonyl (C=O) groups excluding carboxylic acids is 2. The smallest absolute Gasteiger partial charge is 0.260 e. The van der Waals surface area contributed by atoms with Crippen LogP contribution < -0.4 is 15.1 Å². The molecule has 0 bridgehead atoms. The molecule has 0 saturated carbocycles. The zero-order valence-corrected chi connectivity index (χ0v) is 15.8. The Labute approximate surface area is 162 Å². The fourth-order valence-electron chi connectivity index (χ4n) is 3.18. The van der Waals surface area contributed by atoms with Crippen molar-refractivity contribution >= 4 is 40.5 Å². The highest BCUT2D eigenvalue weighted by Gasteiger charge is 2.28. The van der Waals surface area contributed by atoms with Crippen molar-refractivity contribution in [3.63, 3.8) is 0 Å². The number of benzene rings is 2. The molecule has 2 aromatic carbocycles. The van der Waals surface area contributed by atoms with Crippen LogP contribution in [0.5, 0.6) is 0 Å². The van der Waals surface area contributed by atoms with Gasteiger partial charge >= 0.3 is 0 Å². The third-order valence-electron chi connectivity index (χ3n) is 4.78. The molecule has 1 aromatic heterocycles. The van der Waals surface area contributed by atoms with Gasteiger partial charge < -0.3 is 15.1 Å². The third kappa shape index (κ3) is 2.96. The minimum absolute atomic E-state index is 0.0147. The van der Waals surface area contributed by atoms with Crippen molar-refractivity contribution in [1.29, 1.82) is 0 Å². The van der Waals surface area contributed by atoms with Crippen LogP contribution in [-0.2, 0) is 0 Å². The van der Waals surface area contributed by atoms with Gasteiger partial charge in [0.05, 0.1) is 17.4 Å². The normalized spacial score (nSPS) is 12.9. The van der Waals surface area contributed by atoms with E-state index in [0.717, 1.165) is 11.4 Å². The Kier molecular flexibility index (Phi) is 4.27. The van der Waals surface area contributed by atoms with E-state index >= 15 is 0 Å². The van der Waals surface area contributed by atoms with E-state index in [2.05, 4.69) is 15.3 Å². The highest BCUT2D eigenvalue weighted by molar-refractivity contribution is 6.13. The third-order valence-corrected chi connectivity index (χ3v) is 4.78. The van der Waals surface area contributed by atoms with Gasteiger partial charge in [-0.2, -0.15) is 4.98 Å². The van der Waals surface area contributed by atoms with E-state index in [1.165, 1.54) is 6.92 Å². The van der Waals surface area contributed by atoms with Crippen molar-refractivity contribution in [1.82, 2.24) is 9.97 Å². The van der Waals surface area contributed by atoms with Crippen molar-refractivity contribution < 1.29 is 9.59 Å². The summed E-state index contributed by atoms with van der Waals surface area (Å²) in [5.74, 6) is 0.936. The molecule has 0 fully saturated rings. The number of nitrogens with one attached hydrogen (secondary N) is 1. The highest BCUT2D eigenvalue weighted by atomic mass is 16.2. The molecule has 0 unspecified atom stereocenters. The molecule has 4 rings (SSSR count). The number of amides is 1. The van der Waals surface area contributed by atoms with Crippen LogP contribution in [0.25, 0.3) is 0 Å². The second kappa shape index (κ2) is 6.77. The first-order chi connectivity index (χ1) is 13.5. The molecule has 0 saturated heterocycles. The first-order valence-corrected chi connectivity index (χ1v) is 8.81. The molecule has 0 radical (unpaired) electrons. The maximum absolute atomic E-state index is 12.8. The molecule has 0 aliphatic carbocycles. The van der Waals surface area contributed by atoms with Gasteiger partial charge in [-0.05, 0) is 43.3 Å². The number of hydrogen-bond acceptors (Lipinski definition) is 6. The highest BCUT2D eigenvalue weighted by Crippen LogP contribution is 2.37. The Hall–Kier alpha value is -3.74. The van der Waals surface area contributed by atoms with Crippen molar-refractivity contribution in [3.8, 4) is 0 Å². The number of hydrogen-bond donors (Lipinski definition) is 1. The van der Waals surface area contributed by atoms with E-state index in [1.54, 1.807) is 48.5 Å². The fraction of sp³-hybridized carbons (Fsp3) is 0.143. The summed E-state index contributed by atoms with van der Waals surface area (Å²) < 4.78 is 0. The first-order valence-electron chi connectivity index (χ1n) is 8.81. The van der Waals surface area contributed by atoms with Crippen molar-refractivity contribution in [2.45, 2.75) is 6.92 Å². The van der Waals surface area contributed by atoms with Gasteiger partial charge in [-0.3, -0.25) is 9.59 Å². The second-order valence-corrected chi connectivity index (χ2v) is 6.60. The lowest BCUT2D eigenvalue weighted by molar-refractivity contribution is 0.0991. The molecular weight excluding hydrogens is 354 g/mol. The molecule has 1 N–H and O–H groups in total. The predicted octanol–water partition coefficient (Wildman–Crippen LogP) is 3.78. The molecule has 2 heterocycles. The Morgan fingerprint density at radius 3 is 2.39 bits per heavy atom. The molecule has 1 aliphatic rings. The van der Waals surface area contributed by atoms with Crippen LogP contribution in [-0.4, -0.2) is 35.8 Å². The summed E-state index contributed by atoms with van der Waals surface area (Å²) in [4.78, 5) is 36.7. The maximum Gasteiger partial charge on any atom is 0.260 e. The average Bonchev–Trinajstić information content (AvgIpc) is 2.79. The van der Waals surface area contributed by atoms with E-state index in [9.17, 15) is 9.59 Å². The molecule has 1 aliphatic heterocycles. The topological polar surface area (TPSA) is 78.4 Å². The number of anilines is 5. The van der Waals surface area contributed by atoms with Crippen molar-refractivity contribution in [2.75, 3.05) is 29.2 Å². The average molecular weight is 373 g/mol. The Balaban J connectivity index is 1.72. The molecule has 3 aromatic rings. The van der Waals surface area contributed by atoms with Gasteiger partial charge in [0, 0.05) is 25.3 Å². The number of carbonyl (C=O) groups is 2. The van der Waals surface area contributed by atoms with Gasteiger partial charge in [0.15, 0.2) is 11.6 Å². The van der Waals surface area contributed by atoms with Crippen LogP contribution >= 0.6 is 0 Å². The molecule has 0 atom stereocenters. The van der Waals surface area contributed by atoms with Crippen LogP contribution in [0.15, 0.2) is 54.7 Å². The number of Topliss-reactive ketones (excluding diaryl/α,β-unsaturated/α-hetero) is 1. The van der Waals surface area contributed by atoms with Crippen LogP contribution in [0.4, 0.5) is 28.8 Å². The fourth-order valence-corrected chi connectivity index (χ4v) is 3.18. The maximum atomic E-state index is 12.8. The summed E-state index contributed by atoms with van der Waals surface area (Å²) in [5.41, 5.74) is 3.44. The monoisotopic (exact) mass is 373 g/mol. The van der Waals surface area contributed by atoms with E-state index < -0.39 is 0 Å². The van der Waals surface area contributed by atoms with Crippen LogP contribution in [0, 0.1) is 0 Å². The minimum Gasteiger partial charge on any atom is -0.327 e. The van der Waals surface area contributed by atoms with Gasteiger partial charge in [-0.1, -0.05) is 12.1 Å². The summed E-state index contributed by atoms with van der Waals surface area (Å²) >= 11 is 0. The van der Waals surface area contributed by atoms with Gasteiger partial charge in [0.1, 0.15) is 5.69 Å². The van der Waals surface area contributed by atoms with Crippen LogP contribution in [0.2, 0.25) is 0 Å². The standard InChI is InChI=1S/C21H19N5O2/c1-13(27)14-8-10-15(11-9-14)23-21-22-12-18-19(24-21)25(2)17-7-5-4-6-16(17)20(28)26(18)3/h4-12H,1-3H3,(H,22,23,24). The number of para-hydroxylation sites is 1. The molecule has 7 heteroatoms. The zero-order valence-electron chi connectivity index (χ0n) is 15.8. The Morgan fingerprint density at radius 1 is 0.964 bits per heavy atom. The quantitative estimate of drug-likeness (QED) is 0.704. The SMILES string of the molecule is CC(=O)c1ccc(Nc2ncc3c(n2)N(C)c2ccccc2C(=O)N3C)cc1. The van der Waals surface area contributed by atoms with Gasteiger partial charge in [0.2, 0.25) is 5.95 Å². The number of ketones is 1. The Morgan fingerprint density at radius 2 is 1.68 bits per heavy atom. The van der Waals surface area contributed by atoms with Crippen LogP contribution in [0.3, 0.4) is 0 Å². The van der Waals surface area contributed by atoms with E-state index in [0.29, 0.717) is 28.6 Å². The summed E-state index contributed by atoms with van der Waals surface area (Å²) in [5, 5.41) is 3.15. The second-order valence-electron chi connectivity index (χ2n) is 6.60. The minimum atomic E-state index is -0.106. The lowest BCUT2D eigenvalue weighted by Crippen LogP contribution is -2.25. The van der Waals surface area contributed by atoms with E-state index in [4.69, 9.17) is 0 Å². The molecule has 140 valence electrons. The first kappa shape index (κ1) is 17.7. The number of nitrogens with zero attached hydrogens (tertiary/aromatic N) is 4. The van der Waals surface area contributed by atoms with Crippen molar-refractivity contribution in [3.05, 3.63) is 65.9 Å². The zero-order chi connectivity index (χ0) is 19.8. The van der Waals surface area contributed by atoms with Gasteiger partial charge in [0.25, 0.3) is 5.91 Å². The van der Waals surface area contributed by atoms with Gasteiger partial charge in [-0.25, -0.2) is 4.98 Å². The summed E-state index contributed by atoms with van der Waals surface area (Å²) in [6.07, 6.45) is 1.63. The Bertz CT molecular complexity index is 1080. The molecule has 0 spiro atoms. The van der Waals surface area contributed by atoms with Crippen LogP contribution in [0.1, 0.15) is 27.6 Å². The summed E-state index contributed by atoms with van der Waals surface area (Å²) in [7, 11) is 3.59. The van der Waals surface area contributed by atoms with Crippen molar-refractivity contribution in [2.24, 2.45) is 0 Å². The van der Waals surface area contributed by atoms with Gasteiger partial charge in [-0.15, -0.1) is 0 Å². The predicted molar refractivity (Wildman–Crippen MR) is 109 cm³/mol. The molecular formula is C21H19N5O2. The molecule has 7 nitrogen and oxygen atoms in total. The number of fused-ring (bicyclic) bond motifs is 2. The summed E-state index contributed by atoms with van der Waals surface area (Å²) in [6.45, 7) is 1.53. The summed E-state index contributed by atoms with van der Waals surface area (Å²) in [6, 6.07) is 14.6. The molecule has 1 amide bonds. The largest absolute Gasteiger partial charge is 0.327 e. The number of aromatic nitrogens is 2. The lowest BCUT2D eigenvalue weighted by Gasteiger charge is -2.21. The van der Waals surface area contributed by atoms with E-state index in [1.807, 2.05) is 30.1 Å². The van der Waals surface area contributed by atoms with E-state index in [-0.39, 0.29) is 11.7 Å². The number of rotatable bonds is 3. The molecule has 28 heavy (non-hydrogen) atoms. The lowest BCUT2D eigenvalue weighted by atomic mass is 10.1.